The Hall–Kier alpha value is -3.04. The van der Waals surface area contributed by atoms with Crippen LogP contribution < -0.4 is 0 Å². The third kappa shape index (κ3) is 2.90. The molecule has 0 saturated carbocycles. The largest absolute Gasteiger partial charge is 0.508 e. The normalized spacial score (nSPS) is 10.9. The minimum Gasteiger partial charge on any atom is -0.508 e. The highest BCUT2D eigenvalue weighted by Crippen LogP contribution is 2.37. The first-order valence-electron chi connectivity index (χ1n) is 7.80. The number of benzene rings is 3. The Kier molecular flexibility index (Phi) is 3.79. The fourth-order valence-corrected chi connectivity index (χ4v) is 3.09. The van der Waals surface area contributed by atoms with E-state index in [0.717, 1.165) is 22.0 Å². The molecule has 4 rings (SSSR count). The zero-order valence-corrected chi connectivity index (χ0v) is 13.9. The topological polar surface area (TPSA) is 53.4 Å². The van der Waals surface area contributed by atoms with Gasteiger partial charge in [0.2, 0.25) is 0 Å². The average Bonchev–Trinajstić information content (AvgIpc) is 2.63. The van der Waals surface area contributed by atoms with E-state index in [1.165, 1.54) is 18.2 Å². The minimum atomic E-state index is 0.0672. The van der Waals surface area contributed by atoms with Gasteiger partial charge in [-0.05, 0) is 53.6 Å². The Bertz CT molecular complexity index is 1080. The Balaban J connectivity index is 2.05. The predicted octanol–water partition coefficient (Wildman–Crippen LogP) is 5.63. The van der Waals surface area contributed by atoms with Gasteiger partial charge in [0.05, 0.1) is 11.2 Å². The molecule has 0 saturated heterocycles. The first-order chi connectivity index (χ1) is 12.1. The molecule has 3 aromatic carbocycles. The van der Waals surface area contributed by atoms with E-state index in [1.807, 2.05) is 48.5 Å². The molecule has 3 nitrogen and oxygen atoms in total. The summed E-state index contributed by atoms with van der Waals surface area (Å²) >= 11 is 6.18. The number of pyridine rings is 1. The van der Waals surface area contributed by atoms with Crippen LogP contribution in [0.2, 0.25) is 5.02 Å². The second-order valence-corrected chi connectivity index (χ2v) is 6.22. The van der Waals surface area contributed by atoms with Crippen molar-refractivity contribution in [1.29, 1.82) is 0 Å². The van der Waals surface area contributed by atoms with Crippen LogP contribution in [0, 0.1) is 0 Å². The maximum atomic E-state index is 10.2. The fourth-order valence-electron chi connectivity index (χ4n) is 2.92. The third-order valence-electron chi connectivity index (χ3n) is 4.11. The van der Waals surface area contributed by atoms with Gasteiger partial charge in [-0.2, -0.15) is 0 Å². The van der Waals surface area contributed by atoms with Crippen molar-refractivity contribution < 1.29 is 10.2 Å². The number of hydrogen-bond acceptors (Lipinski definition) is 3. The van der Waals surface area contributed by atoms with Gasteiger partial charge in [-0.3, -0.25) is 0 Å². The SMILES string of the molecule is Oc1ccc(O)c(-c2cc(-c3ccccc3)c3cc(Cl)ccc3n2)c1. The number of halogens is 1. The fraction of sp³-hybridized carbons (Fsp3) is 0. The molecule has 0 radical (unpaired) electrons. The summed E-state index contributed by atoms with van der Waals surface area (Å²) in [5, 5.41) is 21.5. The number of fused-ring (bicyclic) bond motifs is 1. The molecule has 0 aliphatic rings. The van der Waals surface area contributed by atoms with Gasteiger partial charge < -0.3 is 10.2 Å². The van der Waals surface area contributed by atoms with E-state index in [4.69, 9.17) is 11.6 Å². The zero-order valence-electron chi connectivity index (χ0n) is 13.1. The Morgan fingerprint density at radius 3 is 2.36 bits per heavy atom. The molecule has 1 heterocycles. The summed E-state index contributed by atoms with van der Waals surface area (Å²) in [6.07, 6.45) is 0. The monoisotopic (exact) mass is 347 g/mol. The molecule has 1 aromatic heterocycles. The molecule has 0 aliphatic carbocycles. The number of phenols is 2. The number of hydrogen-bond donors (Lipinski definition) is 2. The Morgan fingerprint density at radius 2 is 1.56 bits per heavy atom. The molecule has 0 fully saturated rings. The maximum absolute atomic E-state index is 10.2. The molecule has 0 unspecified atom stereocenters. The van der Waals surface area contributed by atoms with E-state index in [0.29, 0.717) is 16.3 Å². The van der Waals surface area contributed by atoms with Crippen molar-refractivity contribution in [2.75, 3.05) is 0 Å². The molecule has 122 valence electrons. The maximum Gasteiger partial charge on any atom is 0.125 e. The van der Waals surface area contributed by atoms with Gasteiger partial charge in [0.25, 0.3) is 0 Å². The molecule has 0 aliphatic heterocycles. The summed E-state index contributed by atoms with van der Waals surface area (Å²) in [5.41, 5.74) is 3.82. The number of aromatic hydroxyl groups is 2. The highest BCUT2D eigenvalue weighted by atomic mass is 35.5. The summed E-state index contributed by atoms with van der Waals surface area (Å²) in [6.45, 7) is 0. The van der Waals surface area contributed by atoms with Crippen LogP contribution in [0.5, 0.6) is 11.5 Å². The lowest BCUT2D eigenvalue weighted by Crippen LogP contribution is -1.90. The van der Waals surface area contributed by atoms with E-state index in [9.17, 15) is 10.2 Å². The van der Waals surface area contributed by atoms with Crippen molar-refractivity contribution in [1.82, 2.24) is 4.98 Å². The number of aromatic nitrogens is 1. The summed E-state index contributed by atoms with van der Waals surface area (Å²) in [7, 11) is 0. The lowest BCUT2D eigenvalue weighted by molar-refractivity contribution is 0.461. The highest BCUT2D eigenvalue weighted by Gasteiger charge is 2.13. The lowest BCUT2D eigenvalue weighted by atomic mass is 9.98. The van der Waals surface area contributed by atoms with E-state index in [-0.39, 0.29) is 11.5 Å². The second kappa shape index (κ2) is 6.11. The molecule has 0 atom stereocenters. The van der Waals surface area contributed by atoms with Crippen molar-refractivity contribution in [3.05, 3.63) is 77.8 Å². The van der Waals surface area contributed by atoms with Gasteiger partial charge >= 0.3 is 0 Å². The van der Waals surface area contributed by atoms with E-state index in [2.05, 4.69) is 4.98 Å². The predicted molar refractivity (Wildman–Crippen MR) is 101 cm³/mol. The van der Waals surface area contributed by atoms with E-state index < -0.39 is 0 Å². The van der Waals surface area contributed by atoms with Crippen LogP contribution in [0.4, 0.5) is 0 Å². The summed E-state index contributed by atoms with van der Waals surface area (Å²) in [4.78, 5) is 4.64. The Morgan fingerprint density at radius 1 is 0.760 bits per heavy atom. The van der Waals surface area contributed by atoms with E-state index >= 15 is 0 Å². The van der Waals surface area contributed by atoms with Crippen LogP contribution >= 0.6 is 11.6 Å². The van der Waals surface area contributed by atoms with Crippen molar-refractivity contribution in [3.8, 4) is 33.9 Å². The van der Waals surface area contributed by atoms with Crippen molar-refractivity contribution >= 4 is 22.5 Å². The molecule has 2 N–H and O–H groups in total. The van der Waals surface area contributed by atoms with Crippen molar-refractivity contribution in [3.63, 3.8) is 0 Å². The van der Waals surface area contributed by atoms with Crippen LogP contribution in [0.15, 0.2) is 72.8 Å². The summed E-state index contributed by atoms with van der Waals surface area (Å²) < 4.78 is 0. The zero-order chi connectivity index (χ0) is 17.4. The van der Waals surface area contributed by atoms with Gasteiger partial charge in [0.1, 0.15) is 11.5 Å². The van der Waals surface area contributed by atoms with Gasteiger partial charge in [0, 0.05) is 16.0 Å². The molecule has 0 amide bonds. The first kappa shape index (κ1) is 15.5. The van der Waals surface area contributed by atoms with Crippen LogP contribution in [0.3, 0.4) is 0 Å². The average molecular weight is 348 g/mol. The van der Waals surface area contributed by atoms with Crippen LogP contribution in [-0.4, -0.2) is 15.2 Å². The van der Waals surface area contributed by atoms with Gasteiger partial charge in [-0.25, -0.2) is 4.98 Å². The van der Waals surface area contributed by atoms with Crippen molar-refractivity contribution in [2.45, 2.75) is 0 Å². The van der Waals surface area contributed by atoms with Gasteiger partial charge in [-0.15, -0.1) is 0 Å². The highest BCUT2D eigenvalue weighted by molar-refractivity contribution is 6.31. The lowest BCUT2D eigenvalue weighted by Gasteiger charge is -2.12. The minimum absolute atomic E-state index is 0.0672. The Labute approximate surface area is 149 Å². The number of rotatable bonds is 2. The van der Waals surface area contributed by atoms with Crippen LogP contribution in [0.1, 0.15) is 0 Å². The number of phenolic OH excluding ortho intramolecular Hbond substituents is 2. The molecular formula is C21H14ClNO2. The number of nitrogens with zero attached hydrogens (tertiary/aromatic N) is 1. The van der Waals surface area contributed by atoms with Crippen LogP contribution in [0.25, 0.3) is 33.3 Å². The standard InChI is InChI=1S/C21H14ClNO2/c22-14-6-8-19-17(10-14)16(13-4-2-1-3-5-13)12-20(23-19)18-11-15(24)7-9-21(18)25/h1-12,24-25H. The molecule has 0 bridgehead atoms. The first-order valence-corrected chi connectivity index (χ1v) is 8.18. The van der Waals surface area contributed by atoms with Gasteiger partial charge in [-0.1, -0.05) is 41.9 Å². The van der Waals surface area contributed by atoms with E-state index in [1.54, 1.807) is 6.07 Å². The van der Waals surface area contributed by atoms with Crippen LogP contribution in [-0.2, 0) is 0 Å². The van der Waals surface area contributed by atoms with Gasteiger partial charge in [0.15, 0.2) is 0 Å². The summed E-state index contributed by atoms with van der Waals surface area (Å²) in [6, 6.07) is 21.8. The quantitative estimate of drug-likeness (QED) is 0.462. The molecule has 25 heavy (non-hydrogen) atoms. The second-order valence-electron chi connectivity index (χ2n) is 5.78. The van der Waals surface area contributed by atoms with Crippen molar-refractivity contribution in [2.24, 2.45) is 0 Å². The third-order valence-corrected chi connectivity index (χ3v) is 4.35. The smallest absolute Gasteiger partial charge is 0.125 e. The molecule has 0 spiro atoms. The summed E-state index contributed by atoms with van der Waals surface area (Å²) in [5.74, 6) is 0.143. The molecular weight excluding hydrogens is 334 g/mol. The molecule has 4 heteroatoms. The molecule has 4 aromatic rings.